The van der Waals surface area contributed by atoms with Gasteiger partial charge in [-0.05, 0) is 11.5 Å². The molecule has 0 aliphatic heterocycles. The minimum atomic E-state index is -0.270. The van der Waals surface area contributed by atoms with E-state index in [4.69, 9.17) is 0 Å². The van der Waals surface area contributed by atoms with Gasteiger partial charge in [0.15, 0.2) is 0 Å². The molecular weight excluding hydrogens is 214 g/mol. The number of amides is 2. The van der Waals surface area contributed by atoms with Crippen LogP contribution >= 0.6 is 0 Å². The molecule has 0 unspecified atom stereocenters. The van der Waals surface area contributed by atoms with Crippen molar-refractivity contribution in [1.82, 2.24) is 0 Å². The second kappa shape index (κ2) is 4.37. The van der Waals surface area contributed by atoms with Gasteiger partial charge in [0, 0.05) is 19.2 Å². The molecule has 0 fully saturated rings. The Balaban J connectivity index is 2.69. The Morgan fingerprint density at radius 3 is 2.12 bits per heavy atom. The van der Waals surface area contributed by atoms with Gasteiger partial charge in [-0.2, -0.15) is 0 Å². The second-order valence-corrected chi connectivity index (χ2v) is 3.87. The van der Waals surface area contributed by atoms with Crippen molar-refractivity contribution < 1.29 is 9.59 Å². The van der Waals surface area contributed by atoms with Crippen molar-refractivity contribution in [3.63, 3.8) is 0 Å². The largest absolute Gasteiger partial charge is 0.274 e. The minimum absolute atomic E-state index is 0.270. The lowest BCUT2D eigenvalue weighted by Crippen LogP contribution is -2.33. The number of benzene rings is 2. The first-order valence-corrected chi connectivity index (χ1v) is 5.40. The van der Waals surface area contributed by atoms with Gasteiger partial charge in [-0.25, -0.2) is 0 Å². The lowest BCUT2D eigenvalue weighted by molar-refractivity contribution is -0.124. The van der Waals surface area contributed by atoms with Crippen LogP contribution in [-0.4, -0.2) is 11.8 Å². The van der Waals surface area contributed by atoms with Crippen LogP contribution < -0.4 is 4.90 Å². The quantitative estimate of drug-likeness (QED) is 0.751. The summed E-state index contributed by atoms with van der Waals surface area (Å²) in [6.45, 7) is 2.78. The van der Waals surface area contributed by atoms with Gasteiger partial charge in [0.1, 0.15) is 0 Å². The number of fused-ring (bicyclic) bond motifs is 1. The molecule has 0 aliphatic rings. The van der Waals surface area contributed by atoms with Gasteiger partial charge < -0.3 is 0 Å². The predicted octanol–water partition coefficient (Wildman–Crippen LogP) is 2.74. The topological polar surface area (TPSA) is 37.4 Å². The molecule has 0 bridgehead atoms. The van der Waals surface area contributed by atoms with E-state index in [-0.39, 0.29) is 11.8 Å². The van der Waals surface area contributed by atoms with Crippen molar-refractivity contribution in [2.45, 2.75) is 13.8 Å². The van der Waals surface area contributed by atoms with Crippen LogP contribution in [-0.2, 0) is 9.59 Å². The summed E-state index contributed by atoms with van der Waals surface area (Å²) in [6.07, 6.45) is 0. The maximum atomic E-state index is 11.5. The van der Waals surface area contributed by atoms with Gasteiger partial charge >= 0.3 is 0 Å². The lowest BCUT2D eigenvalue weighted by Gasteiger charge is -2.19. The van der Waals surface area contributed by atoms with Crippen molar-refractivity contribution in [2.24, 2.45) is 0 Å². The van der Waals surface area contributed by atoms with E-state index < -0.39 is 0 Å². The lowest BCUT2D eigenvalue weighted by atomic mass is 10.1. The van der Waals surface area contributed by atoms with Crippen LogP contribution in [0.25, 0.3) is 10.8 Å². The van der Waals surface area contributed by atoms with Gasteiger partial charge in [-0.3, -0.25) is 14.5 Å². The highest BCUT2D eigenvalue weighted by atomic mass is 16.2. The molecule has 0 saturated heterocycles. The third kappa shape index (κ3) is 2.04. The highest BCUT2D eigenvalue weighted by Crippen LogP contribution is 2.26. The average molecular weight is 227 g/mol. The van der Waals surface area contributed by atoms with Crippen molar-refractivity contribution in [3.8, 4) is 0 Å². The molecule has 2 amide bonds. The number of hydrogen-bond donors (Lipinski definition) is 0. The summed E-state index contributed by atoms with van der Waals surface area (Å²) in [5.41, 5.74) is 0.642. The molecule has 0 aliphatic carbocycles. The van der Waals surface area contributed by atoms with Crippen molar-refractivity contribution in [2.75, 3.05) is 4.90 Å². The molecule has 0 saturated carbocycles. The fourth-order valence-corrected chi connectivity index (χ4v) is 1.96. The van der Waals surface area contributed by atoms with E-state index in [1.165, 1.54) is 18.7 Å². The summed E-state index contributed by atoms with van der Waals surface area (Å²) in [5, 5.41) is 1.91. The average Bonchev–Trinajstić information content (AvgIpc) is 2.28. The molecule has 2 aromatic rings. The summed E-state index contributed by atoms with van der Waals surface area (Å²) >= 11 is 0. The Hall–Kier alpha value is -2.16. The predicted molar refractivity (Wildman–Crippen MR) is 67.8 cm³/mol. The van der Waals surface area contributed by atoms with Crippen LogP contribution in [0.1, 0.15) is 13.8 Å². The van der Waals surface area contributed by atoms with Gasteiger partial charge in [0.2, 0.25) is 11.8 Å². The third-order valence-electron chi connectivity index (χ3n) is 2.64. The molecule has 3 heteroatoms. The summed E-state index contributed by atoms with van der Waals surface area (Å²) in [6, 6.07) is 13.3. The third-order valence-corrected chi connectivity index (χ3v) is 2.64. The van der Waals surface area contributed by atoms with Crippen molar-refractivity contribution in [1.29, 1.82) is 0 Å². The van der Waals surface area contributed by atoms with Crippen LogP contribution in [0.4, 0.5) is 5.69 Å². The van der Waals surface area contributed by atoms with Crippen molar-refractivity contribution in [3.05, 3.63) is 42.5 Å². The Labute approximate surface area is 99.7 Å². The molecule has 0 heterocycles. The molecule has 0 radical (unpaired) electrons. The second-order valence-electron chi connectivity index (χ2n) is 3.87. The zero-order valence-electron chi connectivity index (χ0n) is 9.81. The number of carbonyl (C=O) groups excluding carboxylic acids is 2. The highest BCUT2D eigenvalue weighted by molar-refractivity contribution is 6.17. The first-order chi connectivity index (χ1) is 8.11. The fraction of sp³-hybridized carbons (Fsp3) is 0.143. The maximum Gasteiger partial charge on any atom is 0.230 e. The molecule has 2 aromatic carbocycles. The van der Waals surface area contributed by atoms with Crippen LogP contribution in [0.3, 0.4) is 0 Å². The number of imide groups is 1. The molecule has 86 valence electrons. The monoisotopic (exact) mass is 227 g/mol. The molecule has 17 heavy (non-hydrogen) atoms. The summed E-state index contributed by atoms with van der Waals surface area (Å²) in [5.74, 6) is -0.539. The van der Waals surface area contributed by atoms with Crippen LogP contribution in [0, 0.1) is 0 Å². The zero-order chi connectivity index (χ0) is 12.4. The normalized spacial score (nSPS) is 10.2. The number of rotatable bonds is 1. The van der Waals surface area contributed by atoms with Crippen LogP contribution in [0.5, 0.6) is 0 Å². The van der Waals surface area contributed by atoms with Crippen LogP contribution in [0.15, 0.2) is 42.5 Å². The standard InChI is InChI=1S/C14H13NO2/c1-10(16)15(11(2)17)14-9-5-7-12-6-3-4-8-13(12)14/h3-9H,1-2H3. The van der Waals surface area contributed by atoms with E-state index in [1.54, 1.807) is 6.07 Å². The van der Waals surface area contributed by atoms with Crippen molar-refractivity contribution >= 4 is 28.3 Å². The van der Waals surface area contributed by atoms with Gasteiger partial charge in [-0.1, -0.05) is 36.4 Å². The van der Waals surface area contributed by atoms with E-state index in [1.807, 2.05) is 36.4 Å². The minimum Gasteiger partial charge on any atom is -0.274 e. The molecule has 0 spiro atoms. The SMILES string of the molecule is CC(=O)N(C(C)=O)c1cccc2ccccc12. The molecule has 0 aromatic heterocycles. The van der Waals surface area contributed by atoms with E-state index >= 15 is 0 Å². The first kappa shape index (κ1) is 11.3. The Kier molecular flexibility index (Phi) is 2.91. The smallest absolute Gasteiger partial charge is 0.230 e. The van der Waals surface area contributed by atoms with E-state index in [0.29, 0.717) is 5.69 Å². The van der Waals surface area contributed by atoms with Gasteiger partial charge in [0.25, 0.3) is 0 Å². The Morgan fingerprint density at radius 1 is 0.882 bits per heavy atom. The fourth-order valence-electron chi connectivity index (χ4n) is 1.96. The number of anilines is 1. The molecule has 0 N–H and O–H groups in total. The summed E-state index contributed by atoms with van der Waals surface area (Å²) in [4.78, 5) is 24.3. The highest BCUT2D eigenvalue weighted by Gasteiger charge is 2.17. The number of carbonyl (C=O) groups is 2. The Morgan fingerprint density at radius 2 is 1.47 bits per heavy atom. The maximum absolute atomic E-state index is 11.5. The summed E-state index contributed by atoms with van der Waals surface area (Å²) < 4.78 is 0. The summed E-state index contributed by atoms with van der Waals surface area (Å²) in [7, 11) is 0. The number of hydrogen-bond acceptors (Lipinski definition) is 2. The molecular formula is C14H13NO2. The zero-order valence-corrected chi connectivity index (χ0v) is 9.81. The first-order valence-electron chi connectivity index (χ1n) is 5.40. The number of nitrogens with zero attached hydrogens (tertiary/aromatic N) is 1. The molecule has 2 rings (SSSR count). The Bertz CT molecular complexity index is 570. The van der Waals surface area contributed by atoms with Gasteiger partial charge in [-0.15, -0.1) is 0 Å². The van der Waals surface area contributed by atoms with Gasteiger partial charge in [0.05, 0.1) is 5.69 Å². The van der Waals surface area contributed by atoms with E-state index in [0.717, 1.165) is 10.8 Å². The molecule has 0 atom stereocenters. The van der Waals surface area contributed by atoms with E-state index in [9.17, 15) is 9.59 Å². The van der Waals surface area contributed by atoms with Crippen LogP contribution in [0.2, 0.25) is 0 Å². The van der Waals surface area contributed by atoms with E-state index in [2.05, 4.69) is 0 Å². The molecule has 3 nitrogen and oxygen atoms in total.